The molecule has 0 radical (unpaired) electrons. The fourth-order valence-electron chi connectivity index (χ4n) is 6.37. The molecule has 0 aromatic heterocycles. The standard InChI is InChI=1S/C36H46N2O8/c1-5-44-33(42)27(21-30(39)45-24-25-13-7-6-8-14-25)22-36(19-11-12-20-36)34(43)37-28-18-17-26-15-9-10-16-29(26)38(32(28)41)23-31(40)46-35(2,3)4/h6-10,13-16,27-28H,5,11-12,17-24H2,1-4H3,(H,37,43)/t27?,28-/m0/s1. The van der Waals surface area contributed by atoms with E-state index >= 15 is 0 Å². The zero-order chi connectivity index (χ0) is 33.3. The van der Waals surface area contributed by atoms with Crippen molar-refractivity contribution in [2.45, 2.75) is 97.3 Å². The second kappa shape index (κ2) is 15.4. The molecule has 0 bridgehead atoms. The third-order valence-corrected chi connectivity index (χ3v) is 8.52. The Morgan fingerprint density at radius 3 is 2.30 bits per heavy atom. The molecule has 1 saturated carbocycles. The normalized spacial score (nSPS) is 18.1. The first kappa shape index (κ1) is 34.7. The minimum atomic E-state index is -0.966. The van der Waals surface area contributed by atoms with Crippen molar-refractivity contribution in [1.29, 1.82) is 0 Å². The third-order valence-electron chi connectivity index (χ3n) is 8.52. The minimum absolute atomic E-state index is 0.0762. The topological polar surface area (TPSA) is 128 Å². The molecule has 248 valence electrons. The number of esters is 3. The average molecular weight is 635 g/mol. The molecule has 10 nitrogen and oxygen atoms in total. The summed E-state index contributed by atoms with van der Waals surface area (Å²) in [4.78, 5) is 68.4. The molecule has 0 spiro atoms. The number of ether oxygens (including phenoxy) is 3. The van der Waals surface area contributed by atoms with E-state index in [1.807, 2.05) is 42.5 Å². The Hall–Kier alpha value is -4.21. The largest absolute Gasteiger partial charge is 0.466 e. The highest BCUT2D eigenvalue weighted by Gasteiger charge is 2.46. The van der Waals surface area contributed by atoms with Crippen molar-refractivity contribution < 1.29 is 38.2 Å². The van der Waals surface area contributed by atoms with Crippen LogP contribution in [0.25, 0.3) is 0 Å². The summed E-state index contributed by atoms with van der Waals surface area (Å²) in [5.74, 6) is -3.27. The van der Waals surface area contributed by atoms with Crippen LogP contribution in [0.15, 0.2) is 54.6 Å². The first-order valence-corrected chi connectivity index (χ1v) is 16.2. The summed E-state index contributed by atoms with van der Waals surface area (Å²) in [5, 5.41) is 3.00. The fraction of sp³-hybridized carbons (Fsp3) is 0.528. The lowest BCUT2D eigenvalue weighted by atomic mass is 9.75. The molecule has 2 atom stereocenters. The summed E-state index contributed by atoms with van der Waals surface area (Å²) in [6.07, 6.45) is 3.31. The van der Waals surface area contributed by atoms with Gasteiger partial charge in [-0.15, -0.1) is 0 Å². The van der Waals surface area contributed by atoms with Crippen LogP contribution in [0.3, 0.4) is 0 Å². The number of nitrogens with zero attached hydrogens (tertiary/aromatic N) is 1. The molecule has 10 heteroatoms. The van der Waals surface area contributed by atoms with E-state index in [2.05, 4.69) is 5.32 Å². The van der Waals surface area contributed by atoms with E-state index in [9.17, 15) is 24.0 Å². The van der Waals surface area contributed by atoms with Gasteiger partial charge in [-0.2, -0.15) is 0 Å². The number of hydrogen-bond donors (Lipinski definition) is 1. The summed E-state index contributed by atoms with van der Waals surface area (Å²) < 4.78 is 16.3. The number of nitrogens with one attached hydrogen (secondary N) is 1. The molecule has 4 rings (SSSR count). The van der Waals surface area contributed by atoms with Gasteiger partial charge in [0.2, 0.25) is 11.8 Å². The number of rotatable bonds is 12. The molecule has 1 heterocycles. The molecule has 46 heavy (non-hydrogen) atoms. The van der Waals surface area contributed by atoms with Crippen LogP contribution < -0.4 is 10.2 Å². The second-order valence-corrected chi connectivity index (χ2v) is 13.2. The molecule has 1 aliphatic heterocycles. The molecular weight excluding hydrogens is 588 g/mol. The Labute approximate surface area is 271 Å². The van der Waals surface area contributed by atoms with Crippen molar-refractivity contribution in [2.24, 2.45) is 11.3 Å². The van der Waals surface area contributed by atoms with Gasteiger partial charge in [0.15, 0.2) is 0 Å². The van der Waals surface area contributed by atoms with Gasteiger partial charge in [0.25, 0.3) is 0 Å². The van der Waals surface area contributed by atoms with Crippen molar-refractivity contribution in [3.8, 4) is 0 Å². The number of benzene rings is 2. The Morgan fingerprint density at radius 1 is 0.957 bits per heavy atom. The monoisotopic (exact) mass is 634 g/mol. The molecule has 1 aliphatic carbocycles. The molecule has 1 unspecified atom stereocenters. The first-order chi connectivity index (χ1) is 21.9. The lowest BCUT2D eigenvalue weighted by molar-refractivity contribution is -0.157. The lowest BCUT2D eigenvalue weighted by Crippen LogP contribution is -2.53. The van der Waals surface area contributed by atoms with Crippen LogP contribution in [0.1, 0.15) is 83.8 Å². The zero-order valence-electron chi connectivity index (χ0n) is 27.3. The van der Waals surface area contributed by atoms with Crippen molar-refractivity contribution >= 4 is 35.4 Å². The Morgan fingerprint density at radius 2 is 1.63 bits per heavy atom. The van der Waals surface area contributed by atoms with E-state index < -0.39 is 46.8 Å². The summed E-state index contributed by atoms with van der Waals surface area (Å²) in [5.41, 5.74) is 0.639. The number of anilines is 1. The molecule has 2 aromatic rings. The second-order valence-electron chi connectivity index (χ2n) is 13.2. The Balaban J connectivity index is 1.51. The van der Waals surface area contributed by atoms with Crippen LogP contribution in [-0.2, 0) is 51.2 Å². The predicted molar refractivity (Wildman–Crippen MR) is 171 cm³/mol. The van der Waals surface area contributed by atoms with Crippen molar-refractivity contribution in [3.05, 3.63) is 65.7 Å². The first-order valence-electron chi connectivity index (χ1n) is 16.2. The van der Waals surface area contributed by atoms with Crippen LogP contribution in [0, 0.1) is 11.3 Å². The van der Waals surface area contributed by atoms with Gasteiger partial charge in [-0.1, -0.05) is 61.4 Å². The number of aryl methyl sites for hydroxylation is 1. The summed E-state index contributed by atoms with van der Waals surface area (Å²) >= 11 is 0. The Kier molecular flexibility index (Phi) is 11.6. The van der Waals surface area contributed by atoms with Gasteiger partial charge in [-0.3, -0.25) is 28.9 Å². The van der Waals surface area contributed by atoms with Gasteiger partial charge in [-0.05, 0) is 77.0 Å². The van der Waals surface area contributed by atoms with Gasteiger partial charge >= 0.3 is 17.9 Å². The van der Waals surface area contributed by atoms with Gasteiger partial charge in [0.1, 0.15) is 24.8 Å². The number of para-hydroxylation sites is 1. The molecule has 0 saturated heterocycles. The van der Waals surface area contributed by atoms with Gasteiger partial charge in [-0.25, -0.2) is 0 Å². The van der Waals surface area contributed by atoms with E-state index in [0.717, 1.165) is 24.0 Å². The van der Waals surface area contributed by atoms with Gasteiger partial charge in [0, 0.05) is 5.69 Å². The maximum absolute atomic E-state index is 14.2. The van der Waals surface area contributed by atoms with Gasteiger partial charge in [0.05, 0.1) is 24.4 Å². The molecule has 2 aromatic carbocycles. The molecule has 2 amide bonds. The van der Waals surface area contributed by atoms with Crippen molar-refractivity contribution in [2.75, 3.05) is 18.1 Å². The van der Waals surface area contributed by atoms with E-state index in [1.165, 1.54) is 4.90 Å². The van der Waals surface area contributed by atoms with Crippen molar-refractivity contribution in [3.63, 3.8) is 0 Å². The van der Waals surface area contributed by atoms with Gasteiger partial charge < -0.3 is 19.5 Å². The average Bonchev–Trinajstić information content (AvgIpc) is 3.45. The predicted octanol–water partition coefficient (Wildman–Crippen LogP) is 5.06. The van der Waals surface area contributed by atoms with E-state index in [4.69, 9.17) is 14.2 Å². The van der Waals surface area contributed by atoms with Crippen LogP contribution in [0.2, 0.25) is 0 Å². The number of carbonyl (C=O) groups is 5. The molecule has 1 N–H and O–H groups in total. The quantitative estimate of drug-likeness (QED) is 0.254. The molecule has 2 aliphatic rings. The maximum atomic E-state index is 14.2. The number of hydrogen-bond acceptors (Lipinski definition) is 8. The SMILES string of the molecule is CCOC(=O)C(CC(=O)OCc1ccccc1)CC1(C(=O)N[C@H]2CCc3ccccc3N(CC(=O)OC(C)(C)C)C2=O)CCCC1. The van der Waals surface area contributed by atoms with Crippen molar-refractivity contribution in [1.82, 2.24) is 5.32 Å². The fourth-order valence-corrected chi connectivity index (χ4v) is 6.37. The van der Waals surface area contributed by atoms with E-state index in [-0.39, 0.29) is 38.5 Å². The highest BCUT2D eigenvalue weighted by atomic mass is 16.6. The van der Waals surface area contributed by atoms with E-state index in [1.54, 1.807) is 39.8 Å². The van der Waals surface area contributed by atoms with E-state index in [0.29, 0.717) is 31.4 Å². The summed E-state index contributed by atoms with van der Waals surface area (Å²) in [7, 11) is 0. The summed E-state index contributed by atoms with van der Waals surface area (Å²) in [6.45, 7) is 6.91. The zero-order valence-corrected chi connectivity index (χ0v) is 27.3. The van der Waals surface area contributed by atoms with Crippen LogP contribution >= 0.6 is 0 Å². The summed E-state index contributed by atoms with van der Waals surface area (Å²) in [6, 6.07) is 15.7. The number of fused-ring (bicyclic) bond motifs is 1. The van der Waals surface area contributed by atoms with Crippen LogP contribution in [0.4, 0.5) is 5.69 Å². The maximum Gasteiger partial charge on any atom is 0.326 e. The number of amides is 2. The molecular formula is C36H46N2O8. The van der Waals surface area contributed by atoms with Crippen LogP contribution in [-0.4, -0.2) is 54.5 Å². The molecule has 1 fully saturated rings. The Bertz CT molecular complexity index is 1390. The minimum Gasteiger partial charge on any atom is -0.466 e. The third kappa shape index (κ3) is 9.17. The number of carbonyl (C=O) groups excluding carboxylic acids is 5. The highest BCUT2D eigenvalue weighted by Crippen LogP contribution is 2.45. The lowest BCUT2D eigenvalue weighted by Gasteiger charge is -2.33. The smallest absolute Gasteiger partial charge is 0.326 e. The van der Waals surface area contributed by atoms with Crippen LogP contribution in [0.5, 0.6) is 0 Å². The highest BCUT2D eigenvalue weighted by molar-refractivity contribution is 6.03.